The van der Waals surface area contributed by atoms with E-state index in [0.717, 1.165) is 12.0 Å². The van der Waals surface area contributed by atoms with Gasteiger partial charge in [-0.15, -0.1) is 0 Å². The van der Waals surface area contributed by atoms with Crippen molar-refractivity contribution in [2.45, 2.75) is 26.3 Å². The van der Waals surface area contributed by atoms with E-state index in [-0.39, 0.29) is 17.0 Å². The Balaban J connectivity index is 2.23. The van der Waals surface area contributed by atoms with Gasteiger partial charge in [-0.25, -0.2) is 0 Å². The first-order chi connectivity index (χ1) is 10.5. The zero-order chi connectivity index (χ0) is 16.1. The summed E-state index contributed by atoms with van der Waals surface area (Å²) in [6.45, 7) is 4.27. The predicted octanol–water partition coefficient (Wildman–Crippen LogP) is 5.51. The van der Waals surface area contributed by atoms with E-state index < -0.39 is 0 Å². The average Bonchev–Trinajstić information content (AvgIpc) is 2.49. The first kappa shape index (κ1) is 16.9. The van der Waals surface area contributed by atoms with Gasteiger partial charge < -0.3 is 5.32 Å². The Hall–Kier alpha value is -1.51. The molecule has 116 valence electrons. The van der Waals surface area contributed by atoms with Gasteiger partial charge in [-0.1, -0.05) is 73.4 Å². The molecule has 0 aliphatic heterocycles. The number of halogens is 2. The van der Waals surface area contributed by atoms with Crippen LogP contribution in [0.4, 0.5) is 0 Å². The Morgan fingerprint density at radius 2 is 1.73 bits per heavy atom. The number of carbonyl (C=O) groups excluding carboxylic acids is 1. The maximum Gasteiger partial charge on any atom is 0.253 e. The Morgan fingerprint density at radius 3 is 2.36 bits per heavy atom. The van der Waals surface area contributed by atoms with Crippen LogP contribution in [-0.4, -0.2) is 5.91 Å². The average molecular weight is 336 g/mol. The van der Waals surface area contributed by atoms with Crippen molar-refractivity contribution in [1.29, 1.82) is 0 Å². The lowest BCUT2D eigenvalue weighted by Gasteiger charge is -2.21. The first-order valence-electron chi connectivity index (χ1n) is 7.29. The molecule has 0 aliphatic rings. The highest BCUT2D eigenvalue weighted by molar-refractivity contribution is 6.43. The van der Waals surface area contributed by atoms with Gasteiger partial charge in [-0.3, -0.25) is 4.79 Å². The van der Waals surface area contributed by atoms with E-state index in [1.807, 2.05) is 30.3 Å². The maximum absolute atomic E-state index is 12.5. The molecule has 2 aromatic rings. The summed E-state index contributed by atoms with van der Waals surface area (Å²) in [7, 11) is 0. The highest BCUT2D eigenvalue weighted by atomic mass is 35.5. The van der Waals surface area contributed by atoms with Crippen LogP contribution in [0.15, 0.2) is 48.5 Å². The molecule has 1 amide bonds. The molecule has 22 heavy (non-hydrogen) atoms. The second-order valence-corrected chi connectivity index (χ2v) is 6.45. The van der Waals surface area contributed by atoms with Crippen molar-refractivity contribution < 1.29 is 4.79 Å². The van der Waals surface area contributed by atoms with E-state index in [1.165, 1.54) is 0 Å². The lowest BCUT2D eigenvalue weighted by atomic mass is 9.96. The normalized spacial score (nSPS) is 12.2. The molecule has 1 N–H and O–H groups in total. The van der Waals surface area contributed by atoms with Crippen molar-refractivity contribution in [3.63, 3.8) is 0 Å². The highest BCUT2D eigenvalue weighted by Crippen LogP contribution is 2.27. The second-order valence-electron chi connectivity index (χ2n) is 5.67. The van der Waals surface area contributed by atoms with Crippen LogP contribution >= 0.6 is 23.2 Å². The molecule has 0 unspecified atom stereocenters. The fourth-order valence-corrected chi connectivity index (χ4v) is 2.74. The maximum atomic E-state index is 12.5. The monoisotopic (exact) mass is 335 g/mol. The smallest absolute Gasteiger partial charge is 0.253 e. The summed E-state index contributed by atoms with van der Waals surface area (Å²) >= 11 is 12.1. The molecule has 0 fully saturated rings. The summed E-state index contributed by atoms with van der Waals surface area (Å²) in [5, 5.41) is 3.74. The van der Waals surface area contributed by atoms with Crippen molar-refractivity contribution in [2.24, 2.45) is 5.92 Å². The summed E-state index contributed by atoms with van der Waals surface area (Å²) in [5.74, 6) is 0.252. The summed E-state index contributed by atoms with van der Waals surface area (Å²) in [4.78, 5) is 12.5. The fraction of sp³-hybridized carbons (Fsp3) is 0.278. The molecule has 4 heteroatoms. The molecule has 1 atom stereocenters. The van der Waals surface area contributed by atoms with Crippen molar-refractivity contribution in [3.8, 4) is 0 Å². The minimum Gasteiger partial charge on any atom is -0.345 e. The van der Waals surface area contributed by atoms with Crippen molar-refractivity contribution >= 4 is 29.1 Å². The highest BCUT2D eigenvalue weighted by Gasteiger charge is 2.19. The van der Waals surface area contributed by atoms with E-state index in [1.54, 1.807) is 18.2 Å². The van der Waals surface area contributed by atoms with Crippen LogP contribution < -0.4 is 5.32 Å². The minimum absolute atomic E-state index is 0.0521. The van der Waals surface area contributed by atoms with Gasteiger partial charge in [0, 0.05) is 0 Å². The van der Waals surface area contributed by atoms with Gasteiger partial charge in [0.15, 0.2) is 0 Å². The zero-order valence-corrected chi connectivity index (χ0v) is 14.2. The number of hydrogen-bond acceptors (Lipinski definition) is 1. The molecule has 0 saturated carbocycles. The number of amides is 1. The third kappa shape index (κ3) is 4.25. The van der Waals surface area contributed by atoms with Crippen molar-refractivity contribution in [2.75, 3.05) is 0 Å². The van der Waals surface area contributed by atoms with Crippen LogP contribution in [0.2, 0.25) is 10.0 Å². The molecule has 2 aromatic carbocycles. The largest absolute Gasteiger partial charge is 0.345 e. The van der Waals surface area contributed by atoms with Gasteiger partial charge in [-0.05, 0) is 30.0 Å². The number of benzene rings is 2. The summed E-state index contributed by atoms with van der Waals surface area (Å²) < 4.78 is 0. The van der Waals surface area contributed by atoms with Crippen LogP contribution in [0.25, 0.3) is 0 Å². The summed E-state index contributed by atoms with van der Waals surface area (Å²) in [5.41, 5.74) is 1.49. The second kappa shape index (κ2) is 7.66. The van der Waals surface area contributed by atoms with Gasteiger partial charge in [0.1, 0.15) is 0 Å². The predicted molar refractivity (Wildman–Crippen MR) is 92.6 cm³/mol. The topological polar surface area (TPSA) is 29.1 Å². The van der Waals surface area contributed by atoms with Gasteiger partial charge in [0.25, 0.3) is 5.91 Å². The zero-order valence-electron chi connectivity index (χ0n) is 12.6. The third-order valence-electron chi connectivity index (χ3n) is 3.41. The lowest BCUT2D eigenvalue weighted by Crippen LogP contribution is -2.29. The van der Waals surface area contributed by atoms with Crippen molar-refractivity contribution in [1.82, 2.24) is 5.32 Å². The van der Waals surface area contributed by atoms with Crippen LogP contribution in [0, 0.1) is 5.92 Å². The SMILES string of the molecule is CC(C)C[C@@H](NC(=O)c1cccc(Cl)c1Cl)c1ccccc1. The Labute approximate surface area is 141 Å². The van der Waals surface area contributed by atoms with E-state index >= 15 is 0 Å². The summed E-state index contributed by atoms with van der Waals surface area (Å²) in [6.07, 6.45) is 0.855. The van der Waals surface area contributed by atoms with E-state index in [4.69, 9.17) is 23.2 Å². The number of nitrogens with one attached hydrogen (secondary N) is 1. The van der Waals surface area contributed by atoms with Gasteiger partial charge in [0.2, 0.25) is 0 Å². The van der Waals surface area contributed by atoms with Gasteiger partial charge >= 0.3 is 0 Å². The molecule has 0 saturated heterocycles. The molecule has 2 nitrogen and oxygen atoms in total. The van der Waals surface area contributed by atoms with Gasteiger partial charge in [0.05, 0.1) is 21.7 Å². The molecule has 0 bridgehead atoms. The molecule has 0 spiro atoms. The Bertz CT molecular complexity index is 641. The molecular formula is C18H19Cl2NO. The Morgan fingerprint density at radius 1 is 1.05 bits per heavy atom. The van der Waals surface area contributed by atoms with Crippen LogP contribution in [0.1, 0.15) is 42.2 Å². The fourth-order valence-electron chi connectivity index (χ4n) is 2.35. The third-order valence-corrected chi connectivity index (χ3v) is 4.23. The van der Waals surface area contributed by atoms with Crippen molar-refractivity contribution in [3.05, 3.63) is 69.7 Å². The molecule has 0 radical (unpaired) electrons. The minimum atomic E-state index is -0.206. The molecule has 0 heterocycles. The number of carbonyl (C=O) groups is 1. The van der Waals surface area contributed by atoms with E-state index in [9.17, 15) is 4.79 Å². The van der Waals surface area contributed by atoms with Crippen LogP contribution in [0.3, 0.4) is 0 Å². The number of hydrogen-bond donors (Lipinski definition) is 1. The van der Waals surface area contributed by atoms with E-state index in [0.29, 0.717) is 16.5 Å². The first-order valence-corrected chi connectivity index (χ1v) is 8.04. The van der Waals surface area contributed by atoms with Crippen LogP contribution in [-0.2, 0) is 0 Å². The summed E-state index contributed by atoms with van der Waals surface area (Å²) in [6, 6.07) is 15.0. The van der Waals surface area contributed by atoms with Gasteiger partial charge in [-0.2, -0.15) is 0 Å². The standard InChI is InChI=1S/C18H19Cl2NO/c1-12(2)11-16(13-7-4-3-5-8-13)21-18(22)14-9-6-10-15(19)17(14)20/h3-10,12,16H,11H2,1-2H3,(H,21,22)/t16-/m1/s1. The van der Waals surface area contributed by atoms with E-state index in [2.05, 4.69) is 19.2 Å². The quantitative estimate of drug-likeness (QED) is 0.766. The Kier molecular flexibility index (Phi) is 5.87. The molecule has 0 aliphatic carbocycles. The van der Waals surface area contributed by atoms with Crippen LogP contribution in [0.5, 0.6) is 0 Å². The lowest BCUT2D eigenvalue weighted by molar-refractivity contribution is 0.0932. The number of rotatable bonds is 5. The molecule has 0 aromatic heterocycles. The molecule has 2 rings (SSSR count). The molecular weight excluding hydrogens is 317 g/mol.